The van der Waals surface area contributed by atoms with Gasteiger partial charge in [0.15, 0.2) is 0 Å². The first-order chi connectivity index (χ1) is 10.6. The smallest absolute Gasteiger partial charge is 0.360 e. The number of aromatic nitrogens is 3. The summed E-state index contributed by atoms with van der Waals surface area (Å²) in [6, 6.07) is 10.5. The molecule has 0 atom stereocenters. The number of hydrogen-bond acceptors (Lipinski definition) is 4. The highest BCUT2D eigenvalue weighted by Crippen LogP contribution is 2.13. The van der Waals surface area contributed by atoms with Gasteiger partial charge in [0.25, 0.3) is 0 Å². The number of carboxylic acid groups (broad SMARTS) is 1. The number of carbonyl (C=O) groups is 1. The summed E-state index contributed by atoms with van der Waals surface area (Å²) in [6.45, 7) is 0.321. The summed E-state index contributed by atoms with van der Waals surface area (Å²) in [5, 5.41) is 13.5. The molecule has 22 heavy (non-hydrogen) atoms. The van der Waals surface area contributed by atoms with E-state index in [1.165, 1.54) is 4.68 Å². The molecule has 3 aromatic rings. The lowest BCUT2D eigenvalue weighted by Crippen LogP contribution is -2.23. The maximum atomic E-state index is 12.1. The van der Waals surface area contributed by atoms with Crippen molar-refractivity contribution in [1.29, 1.82) is 0 Å². The lowest BCUT2D eigenvalue weighted by atomic mass is 10.2. The molecule has 1 N–H and O–H groups in total. The highest BCUT2D eigenvalue weighted by molar-refractivity contribution is 9.10. The number of halogens is 1. The summed E-state index contributed by atoms with van der Waals surface area (Å²) < 4.78 is 2.21. The molecule has 6 nitrogen and oxygen atoms in total. The summed E-state index contributed by atoms with van der Waals surface area (Å²) in [5.74, 6) is -1.33. The zero-order valence-electron chi connectivity index (χ0n) is 11.2. The van der Waals surface area contributed by atoms with Crippen LogP contribution in [0, 0.1) is 0 Å². The fourth-order valence-electron chi connectivity index (χ4n) is 2.17. The Hall–Kier alpha value is -2.54. The van der Waals surface area contributed by atoms with Crippen LogP contribution < -0.4 is 5.43 Å². The molecule has 0 bridgehead atoms. The quantitative estimate of drug-likeness (QED) is 0.725. The van der Waals surface area contributed by atoms with E-state index in [0.717, 1.165) is 5.56 Å². The van der Waals surface area contributed by atoms with Crippen LogP contribution in [0.15, 0.2) is 52.0 Å². The second-order valence-electron chi connectivity index (χ2n) is 4.65. The van der Waals surface area contributed by atoms with Crippen molar-refractivity contribution >= 4 is 32.8 Å². The van der Waals surface area contributed by atoms with Crippen LogP contribution in [0.4, 0.5) is 0 Å². The van der Waals surface area contributed by atoms with E-state index in [-0.39, 0.29) is 0 Å². The van der Waals surface area contributed by atoms with E-state index < -0.39 is 17.1 Å². The Bertz CT molecular complexity index is 919. The maximum absolute atomic E-state index is 12.1. The third kappa shape index (κ3) is 2.62. The molecule has 0 aliphatic rings. The summed E-state index contributed by atoms with van der Waals surface area (Å²) >= 11 is 3.26. The van der Waals surface area contributed by atoms with Gasteiger partial charge in [-0.15, -0.1) is 0 Å². The zero-order valence-corrected chi connectivity index (χ0v) is 12.8. The minimum atomic E-state index is -1.33. The summed E-state index contributed by atoms with van der Waals surface area (Å²) in [4.78, 5) is 27.5. The van der Waals surface area contributed by atoms with Crippen LogP contribution in [0.2, 0.25) is 0 Å². The van der Waals surface area contributed by atoms with Crippen LogP contribution >= 0.6 is 15.9 Å². The molecule has 0 radical (unpaired) electrons. The molecular weight excluding hydrogens is 350 g/mol. The summed E-state index contributed by atoms with van der Waals surface area (Å²) in [7, 11) is 0. The van der Waals surface area contributed by atoms with Crippen molar-refractivity contribution in [3.05, 3.63) is 68.7 Å². The molecular formula is C15H10BrN3O3. The minimum absolute atomic E-state index is 0.321. The lowest BCUT2D eigenvalue weighted by Gasteiger charge is -2.10. The van der Waals surface area contributed by atoms with Crippen LogP contribution in [0.25, 0.3) is 10.9 Å². The second-order valence-corrected chi connectivity index (χ2v) is 5.46. The molecule has 0 fully saturated rings. The van der Waals surface area contributed by atoms with Crippen LogP contribution in [0.1, 0.15) is 16.1 Å². The number of fused-ring (bicyclic) bond motifs is 1. The van der Waals surface area contributed by atoms with Crippen LogP contribution in [-0.4, -0.2) is 25.8 Å². The van der Waals surface area contributed by atoms with Gasteiger partial charge in [-0.3, -0.25) is 9.48 Å². The second kappa shape index (κ2) is 5.69. The standard InChI is InChI=1S/C15H10BrN3O3/c16-12-6-5-9(7-17-12)8-19-11-4-2-1-3-10(11)14(20)13(18-19)15(21)22/h1-7H,8H2,(H,21,22). The zero-order chi connectivity index (χ0) is 15.7. The van der Waals surface area contributed by atoms with E-state index in [1.807, 2.05) is 6.07 Å². The van der Waals surface area contributed by atoms with Gasteiger partial charge in [0.05, 0.1) is 12.1 Å². The number of hydrogen-bond donors (Lipinski definition) is 1. The molecule has 1 aromatic carbocycles. The Kier molecular flexibility index (Phi) is 3.72. The summed E-state index contributed by atoms with van der Waals surface area (Å²) in [6.07, 6.45) is 1.67. The number of carboxylic acids is 1. The van der Waals surface area contributed by atoms with Crippen molar-refractivity contribution in [3.8, 4) is 0 Å². The highest BCUT2D eigenvalue weighted by atomic mass is 79.9. The number of pyridine rings is 1. The van der Waals surface area contributed by atoms with Crippen molar-refractivity contribution in [2.24, 2.45) is 0 Å². The fraction of sp³-hybridized carbons (Fsp3) is 0.0667. The van der Waals surface area contributed by atoms with E-state index in [1.54, 1.807) is 36.5 Å². The van der Waals surface area contributed by atoms with Crippen molar-refractivity contribution in [2.75, 3.05) is 0 Å². The maximum Gasteiger partial charge on any atom is 0.360 e. The molecule has 7 heteroatoms. The van der Waals surface area contributed by atoms with Crippen molar-refractivity contribution < 1.29 is 9.90 Å². The van der Waals surface area contributed by atoms with Gasteiger partial charge in [0.2, 0.25) is 11.1 Å². The molecule has 0 aliphatic heterocycles. The molecule has 0 spiro atoms. The van der Waals surface area contributed by atoms with Gasteiger partial charge < -0.3 is 5.11 Å². The molecule has 0 aliphatic carbocycles. The topological polar surface area (TPSA) is 85.1 Å². The van der Waals surface area contributed by atoms with Gasteiger partial charge in [-0.2, -0.15) is 5.10 Å². The Labute approximate surface area is 133 Å². The average molecular weight is 360 g/mol. The molecule has 110 valence electrons. The van der Waals surface area contributed by atoms with Gasteiger partial charge in [-0.05, 0) is 39.7 Å². The first-order valence-electron chi connectivity index (χ1n) is 6.40. The van der Waals surface area contributed by atoms with Crippen LogP contribution in [-0.2, 0) is 6.54 Å². The SMILES string of the molecule is O=C(O)c1nn(Cc2ccc(Br)nc2)c2ccccc2c1=O. The summed E-state index contributed by atoms with van der Waals surface area (Å²) in [5.41, 5.74) is 0.373. The first-order valence-corrected chi connectivity index (χ1v) is 7.19. The van der Waals surface area contributed by atoms with Crippen molar-refractivity contribution in [1.82, 2.24) is 14.8 Å². The average Bonchev–Trinajstić information content (AvgIpc) is 2.52. The Morgan fingerprint density at radius 2 is 2.00 bits per heavy atom. The van der Waals surface area contributed by atoms with E-state index in [0.29, 0.717) is 22.1 Å². The van der Waals surface area contributed by atoms with Gasteiger partial charge in [0, 0.05) is 11.6 Å². The minimum Gasteiger partial charge on any atom is -0.476 e. The Morgan fingerprint density at radius 3 is 2.68 bits per heavy atom. The molecule has 0 unspecified atom stereocenters. The number of para-hydroxylation sites is 1. The van der Waals surface area contributed by atoms with E-state index in [9.17, 15) is 9.59 Å². The predicted octanol–water partition coefficient (Wildman–Crippen LogP) is 2.30. The number of benzene rings is 1. The van der Waals surface area contributed by atoms with Gasteiger partial charge >= 0.3 is 5.97 Å². The molecule has 3 rings (SSSR count). The number of rotatable bonds is 3. The normalized spacial score (nSPS) is 10.8. The Balaban J connectivity index is 2.19. The van der Waals surface area contributed by atoms with E-state index >= 15 is 0 Å². The van der Waals surface area contributed by atoms with Gasteiger partial charge in [-0.25, -0.2) is 9.78 Å². The predicted molar refractivity (Wildman–Crippen MR) is 84.0 cm³/mol. The fourth-order valence-corrected chi connectivity index (χ4v) is 2.41. The van der Waals surface area contributed by atoms with Crippen molar-refractivity contribution in [3.63, 3.8) is 0 Å². The number of aromatic carboxylic acids is 1. The molecule has 2 heterocycles. The largest absolute Gasteiger partial charge is 0.476 e. The highest BCUT2D eigenvalue weighted by Gasteiger charge is 2.16. The number of nitrogens with zero attached hydrogens (tertiary/aromatic N) is 3. The Morgan fingerprint density at radius 1 is 1.23 bits per heavy atom. The van der Waals surface area contributed by atoms with Crippen LogP contribution in [0.5, 0.6) is 0 Å². The molecule has 0 saturated heterocycles. The third-order valence-electron chi connectivity index (χ3n) is 3.19. The van der Waals surface area contributed by atoms with Crippen molar-refractivity contribution in [2.45, 2.75) is 6.54 Å². The third-order valence-corrected chi connectivity index (χ3v) is 3.66. The lowest BCUT2D eigenvalue weighted by molar-refractivity contribution is 0.0686. The monoisotopic (exact) mass is 359 g/mol. The molecule has 2 aromatic heterocycles. The van der Waals surface area contributed by atoms with E-state index in [2.05, 4.69) is 26.0 Å². The molecule has 0 amide bonds. The van der Waals surface area contributed by atoms with Gasteiger partial charge in [-0.1, -0.05) is 18.2 Å². The van der Waals surface area contributed by atoms with E-state index in [4.69, 9.17) is 5.11 Å². The van der Waals surface area contributed by atoms with Crippen LogP contribution in [0.3, 0.4) is 0 Å². The molecule has 0 saturated carbocycles. The first kappa shape index (κ1) is 14.4. The van der Waals surface area contributed by atoms with Gasteiger partial charge in [0.1, 0.15) is 4.60 Å².